The van der Waals surface area contributed by atoms with Gasteiger partial charge in [-0.15, -0.1) is 0 Å². The number of nitriles is 1. The summed E-state index contributed by atoms with van der Waals surface area (Å²) in [5, 5.41) is 15.1. The Bertz CT molecular complexity index is 638. The number of nitrogens with zero attached hydrogens (tertiary/aromatic N) is 4. The molecule has 0 saturated carbocycles. The van der Waals surface area contributed by atoms with Crippen LogP contribution in [0, 0.1) is 11.3 Å². The first-order valence-electron chi connectivity index (χ1n) is 6.45. The summed E-state index contributed by atoms with van der Waals surface area (Å²) in [5.41, 5.74) is 6.06. The number of thiocarbonyl (C=S) groups is 1. The molecule has 110 valence electrons. The Kier molecular flexibility index (Phi) is 6.00. The number of anilines is 2. The van der Waals surface area contributed by atoms with Gasteiger partial charge in [0.05, 0.1) is 18.3 Å². The number of amidine groups is 1. The zero-order valence-corrected chi connectivity index (χ0v) is 13.8. The largest absolute Gasteiger partial charge is 0.378 e. The second-order valence-electron chi connectivity index (χ2n) is 4.83. The molecule has 6 heteroatoms. The molecule has 0 saturated heterocycles. The number of hydrogen-bond acceptors (Lipinski definition) is 5. The SMILES string of the molecule is CC(=NNc1ccc(N(C)C)cc1C#N)[N+](C)=C(C)C=S. The molecule has 0 amide bonds. The molecule has 1 aromatic carbocycles. The fourth-order valence-corrected chi connectivity index (χ4v) is 1.71. The Labute approximate surface area is 131 Å². The Balaban J connectivity index is 3.05. The van der Waals surface area contributed by atoms with Crippen LogP contribution in [0.3, 0.4) is 0 Å². The average Bonchev–Trinajstić information content (AvgIpc) is 2.50. The molecule has 1 rings (SSSR count). The van der Waals surface area contributed by atoms with Gasteiger partial charge in [0.1, 0.15) is 11.8 Å². The van der Waals surface area contributed by atoms with Crippen molar-refractivity contribution in [3.63, 3.8) is 0 Å². The van der Waals surface area contributed by atoms with Crippen LogP contribution in [0.4, 0.5) is 11.4 Å². The van der Waals surface area contributed by atoms with E-state index in [1.165, 1.54) is 0 Å². The third-order valence-electron chi connectivity index (χ3n) is 3.16. The summed E-state index contributed by atoms with van der Waals surface area (Å²) in [6.07, 6.45) is 0. The maximum atomic E-state index is 9.24. The van der Waals surface area contributed by atoms with E-state index >= 15 is 0 Å². The highest BCUT2D eigenvalue weighted by Crippen LogP contribution is 2.21. The quantitative estimate of drug-likeness (QED) is 0.305. The molecule has 5 nitrogen and oxygen atoms in total. The molecule has 0 fully saturated rings. The van der Waals surface area contributed by atoms with Gasteiger partial charge in [0.2, 0.25) is 0 Å². The lowest BCUT2D eigenvalue weighted by atomic mass is 10.1. The van der Waals surface area contributed by atoms with E-state index in [-0.39, 0.29) is 0 Å². The van der Waals surface area contributed by atoms with Crippen LogP contribution in [0.15, 0.2) is 23.3 Å². The summed E-state index contributed by atoms with van der Waals surface area (Å²) in [7, 11) is 5.76. The average molecular weight is 302 g/mol. The fourth-order valence-electron chi connectivity index (χ4n) is 1.55. The zero-order chi connectivity index (χ0) is 16.0. The number of benzene rings is 1. The minimum atomic E-state index is 0.552. The van der Waals surface area contributed by atoms with Crippen molar-refractivity contribution in [2.24, 2.45) is 5.10 Å². The van der Waals surface area contributed by atoms with E-state index in [0.717, 1.165) is 17.2 Å². The molecule has 0 unspecified atom stereocenters. The number of hydrogen-bond donors (Lipinski definition) is 1. The molecule has 0 aromatic heterocycles. The predicted octanol–water partition coefficient (Wildman–Crippen LogP) is 2.47. The van der Waals surface area contributed by atoms with Crippen LogP contribution in [-0.4, -0.2) is 42.6 Å². The molecular weight excluding hydrogens is 282 g/mol. The molecule has 0 spiro atoms. The minimum absolute atomic E-state index is 0.552. The van der Waals surface area contributed by atoms with Gasteiger partial charge in [-0.25, -0.2) is 4.58 Å². The van der Waals surface area contributed by atoms with E-state index in [1.807, 2.05) is 62.7 Å². The number of nitrogens with one attached hydrogen (secondary N) is 1. The van der Waals surface area contributed by atoms with Crippen molar-refractivity contribution < 1.29 is 4.58 Å². The molecule has 1 N–H and O–H groups in total. The molecule has 0 radical (unpaired) electrons. The molecule has 1 aromatic rings. The Morgan fingerprint density at radius 3 is 2.62 bits per heavy atom. The molecule has 0 bridgehead atoms. The molecule has 0 aliphatic heterocycles. The Morgan fingerprint density at radius 2 is 2.10 bits per heavy atom. The first kappa shape index (κ1) is 16.8. The standard InChI is InChI=1S/C15H19N5S/c1-11(10-21)20(5)12(2)17-18-15-7-6-14(19(3)4)8-13(15)9-16/h6-8,10H,1-5H3/p+1. The van der Waals surface area contributed by atoms with Gasteiger partial charge in [-0.1, -0.05) is 12.2 Å². The topological polar surface area (TPSA) is 54.4 Å². The highest BCUT2D eigenvalue weighted by Gasteiger charge is 2.09. The molecule has 0 atom stereocenters. The van der Waals surface area contributed by atoms with Crippen molar-refractivity contribution in [1.29, 1.82) is 5.26 Å². The maximum absolute atomic E-state index is 9.24. The minimum Gasteiger partial charge on any atom is -0.378 e. The lowest BCUT2D eigenvalue weighted by Gasteiger charge is -2.13. The summed E-state index contributed by atoms with van der Waals surface area (Å²) in [5.74, 6) is 0.758. The highest BCUT2D eigenvalue weighted by atomic mass is 32.1. The predicted molar refractivity (Wildman–Crippen MR) is 92.7 cm³/mol. The van der Waals surface area contributed by atoms with Gasteiger partial charge in [0.25, 0.3) is 0 Å². The fraction of sp³-hybridized carbons (Fsp3) is 0.333. The summed E-state index contributed by atoms with van der Waals surface area (Å²) < 4.78 is 1.88. The van der Waals surface area contributed by atoms with E-state index in [9.17, 15) is 5.26 Å². The number of hydrazone groups is 1. The first-order chi connectivity index (χ1) is 9.90. The van der Waals surface area contributed by atoms with E-state index in [1.54, 1.807) is 5.37 Å². The van der Waals surface area contributed by atoms with Crippen molar-refractivity contribution >= 4 is 40.5 Å². The summed E-state index contributed by atoms with van der Waals surface area (Å²) in [6, 6.07) is 7.79. The second kappa shape index (κ2) is 7.50. The van der Waals surface area contributed by atoms with Gasteiger partial charge in [-0.3, -0.25) is 0 Å². The van der Waals surface area contributed by atoms with Crippen LogP contribution in [0.2, 0.25) is 0 Å². The van der Waals surface area contributed by atoms with Crippen molar-refractivity contribution in [2.45, 2.75) is 13.8 Å². The molecule has 21 heavy (non-hydrogen) atoms. The summed E-state index contributed by atoms with van der Waals surface area (Å²) >= 11 is 4.90. The van der Waals surface area contributed by atoms with Crippen LogP contribution in [-0.2, 0) is 0 Å². The molecular formula is C15H20N5S+. The number of rotatable bonds is 4. The van der Waals surface area contributed by atoms with Gasteiger partial charge < -0.3 is 4.90 Å². The van der Waals surface area contributed by atoms with Gasteiger partial charge in [0.15, 0.2) is 0 Å². The first-order valence-corrected chi connectivity index (χ1v) is 6.92. The van der Waals surface area contributed by atoms with Crippen LogP contribution in [0.5, 0.6) is 0 Å². The second-order valence-corrected chi connectivity index (χ2v) is 5.06. The molecule has 0 heterocycles. The van der Waals surface area contributed by atoms with Crippen LogP contribution < -0.4 is 10.3 Å². The van der Waals surface area contributed by atoms with E-state index in [4.69, 9.17) is 12.2 Å². The van der Waals surface area contributed by atoms with Gasteiger partial charge in [0, 0.05) is 37.2 Å². The van der Waals surface area contributed by atoms with E-state index in [0.29, 0.717) is 11.3 Å². The maximum Gasteiger partial charge on any atom is 0.320 e. The normalized spacial score (nSPS) is 12.3. The van der Waals surface area contributed by atoms with Crippen LogP contribution in [0.1, 0.15) is 19.4 Å². The van der Waals surface area contributed by atoms with Gasteiger partial charge in [-0.05, 0) is 25.1 Å². The van der Waals surface area contributed by atoms with Crippen molar-refractivity contribution in [2.75, 3.05) is 31.5 Å². The summed E-state index contributed by atoms with van der Waals surface area (Å²) in [6.45, 7) is 3.79. The lowest BCUT2D eigenvalue weighted by Crippen LogP contribution is -2.21. The molecule has 0 aliphatic rings. The van der Waals surface area contributed by atoms with Crippen molar-refractivity contribution in [3.05, 3.63) is 23.8 Å². The summed E-state index contributed by atoms with van der Waals surface area (Å²) in [4.78, 5) is 1.95. The Morgan fingerprint density at radius 1 is 1.43 bits per heavy atom. The van der Waals surface area contributed by atoms with E-state index in [2.05, 4.69) is 16.6 Å². The lowest BCUT2D eigenvalue weighted by molar-refractivity contribution is -0.370. The van der Waals surface area contributed by atoms with E-state index < -0.39 is 0 Å². The monoisotopic (exact) mass is 302 g/mol. The molecule has 0 aliphatic carbocycles. The Hall–Kier alpha value is -2.26. The van der Waals surface area contributed by atoms with Gasteiger partial charge >= 0.3 is 5.84 Å². The smallest absolute Gasteiger partial charge is 0.320 e. The van der Waals surface area contributed by atoms with Crippen molar-refractivity contribution in [3.8, 4) is 6.07 Å². The zero-order valence-electron chi connectivity index (χ0n) is 13.0. The third-order valence-corrected chi connectivity index (χ3v) is 3.50. The highest BCUT2D eigenvalue weighted by molar-refractivity contribution is 7.80. The van der Waals surface area contributed by atoms with Crippen LogP contribution >= 0.6 is 12.2 Å². The van der Waals surface area contributed by atoms with Crippen LogP contribution in [0.25, 0.3) is 0 Å². The third kappa shape index (κ3) is 4.36. The van der Waals surface area contributed by atoms with Gasteiger partial charge in [-0.2, -0.15) is 10.7 Å². The van der Waals surface area contributed by atoms with Crippen molar-refractivity contribution in [1.82, 2.24) is 0 Å².